The van der Waals surface area contributed by atoms with Crippen molar-refractivity contribution in [1.82, 2.24) is 0 Å². The zero-order chi connectivity index (χ0) is 12.6. The molecule has 0 radical (unpaired) electrons. The number of hydrogen-bond acceptors (Lipinski definition) is 4. The zero-order valence-electron chi connectivity index (χ0n) is 8.91. The van der Waals surface area contributed by atoms with Crippen LogP contribution in [0.3, 0.4) is 0 Å². The van der Waals surface area contributed by atoms with Gasteiger partial charge >= 0.3 is 7.12 Å². The van der Waals surface area contributed by atoms with E-state index in [4.69, 9.17) is 14.8 Å². The minimum absolute atomic E-state index is 0.0500. The average Bonchev–Trinajstić information content (AvgIpc) is 2.70. The number of hydrogen-bond donors (Lipinski definition) is 2. The maximum absolute atomic E-state index is 13.7. The number of ether oxygens (including phenoxy) is 1. The predicted molar refractivity (Wildman–Crippen MR) is 62.7 cm³/mol. The van der Waals surface area contributed by atoms with E-state index in [2.05, 4.69) is 0 Å². The third kappa shape index (κ3) is 2.13. The van der Waals surface area contributed by atoms with E-state index >= 15 is 0 Å². The standard InChI is InChI=1S/C10H9BF2O3S/c1-2-16-6-3-5-4-7(11(14)15)17-10(5)9(13)8(6)12/h3-4,14-15H,2H2,1H3. The average molecular weight is 258 g/mol. The van der Waals surface area contributed by atoms with Gasteiger partial charge in [0.05, 0.1) is 11.3 Å². The van der Waals surface area contributed by atoms with Gasteiger partial charge < -0.3 is 14.8 Å². The summed E-state index contributed by atoms with van der Waals surface area (Å²) in [7, 11) is -1.69. The molecule has 17 heavy (non-hydrogen) atoms. The Labute approximate surface area is 100 Å². The summed E-state index contributed by atoms with van der Waals surface area (Å²) >= 11 is 0.802. The molecule has 0 aliphatic heterocycles. The number of rotatable bonds is 3. The molecule has 2 aromatic rings. The lowest BCUT2D eigenvalue weighted by atomic mass is 9.89. The molecule has 0 saturated heterocycles. The van der Waals surface area contributed by atoms with Crippen molar-refractivity contribution in [1.29, 1.82) is 0 Å². The maximum Gasteiger partial charge on any atom is 0.499 e. The fourth-order valence-corrected chi connectivity index (χ4v) is 2.45. The van der Waals surface area contributed by atoms with Gasteiger partial charge in [-0.3, -0.25) is 0 Å². The molecular formula is C10H9BF2O3S. The van der Waals surface area contributed by atoms with Crippen LogP contribution >= 0.6 is 11.3 Å². The summed E-state index contributed by atoms with van der Waals surface area (Å²) in [5.41, 5.74) is 0. The molecule has 2 N–H and O–H groups in total. The van der Waals surface area contributed by atoms with Gasteiger partial charge in [-0.25, -0.2) is 4.39 Å². The highest BCUT2D eigenvalue weighted by molar-refractivity contribution is 7.27. The lowest BCUT2D eigenvalue weighted by molar-refractivity contribution is 0.315. The molecule has 0 spiro atoms. The highest BCUT2D eigenvalue weighted by atomic mass is 32.1. The van der Waals surface area contributed by atoms with E-state index in [-0.39, 0.29) is 21.8 Å². The van der Waals surface area contributed by atoms with Crippen LogP contribution in [0.1, 0.15) is 6.92 Å². The van der Waals surface area contributed by atoms with Crippen molar-refractivity contribution in [3.8, 4) is 5.75 Å². The van der Waals surface area contributed by atoms with E-state index in [9.17, 15) is 8.78 Å². The van der Waals surface area contributed by atoms with Gasteiger partial charge in [-0.2, -0.15) is 4.39 Å². The molecule has 3 nitrogen and oxygen atoms in total. The van der Waals surface area contributed by atoms with E-state index < -0.39 is 18.8 Å². The Morgan fingerprint density at radius 1 is 1.29 bits per heavy atom. The molecule has 1 aromatic carbocycles. The summed E-state index contributed by atoms with van der Waals surface area (Å²) < 4.78 is 32.3. The summed E-state index contributed by atoms with van der Waals surface area (Å²) in [5.74, 6) is -2.25. The first-order valence-electron chi connectivity index (χ1n) is 4.95. The van der Waals surface area contributed by atoms with Gasteiger partial charge in [-0.15, -0.1) is 11.3 Å². The van der Waals surface area contributed by atoms with Crippen molar-refractivity contribution in [2.75, 3.05) is 6.61 Å². The molecule has 0 aliphatic rings. The molecule has 2 rings (SSSR count). The highest BCUT2D eigenvalue weighted by Gasteiger charge is 2.20. The van der Waals surface area contributed by atoms with E-state index in [0.29, 0.717) is 5.39 Å². The van der Waals surface area contributed by atoms with Gasteiger partial charge in [0.25, 0.3) is 0 Å². The predicted octanol–water partition coefficient (Wildman–Crippen LogP) is 1.26. The Morgan fingerprint density at radius 2 is 2.00 bits per heavy atom. The second kappa shape index (κ2) is 4.60. The second-order valence-corrected chi connectivity index (χ2v) is 4.46. The van der Waals surface area contributed by atoms with Gasteiger partial charge in [0.15, 0.2) is 11.6 Å². The molecule has 0 unspecified atom stereocenters. The summed E-state index contributed by atoms with van der Waals surface area (Å²) in [6.45, 7) is 1.89. The number of thiophene rings is 1. The largest absolute Gasteiger partial charge is 0.499 e. The molecule has 1 heterocycles. The molecule has 0 amide bonds. The van der Waals surface area contributed by atoms with Crippen LogP contribution in [0.2, 0.25) is 0 Å². The van der Waals surface area contributed by atoms with Gasteiger partial charge in [0.1, 0.15) is 0 Å². The van der Waals surface area contributed by atoms with Crippen LogP contribution in [0.15, 0.2) is 12.1 Å². The third-order valence-electron chi connectivity index (χ3n) is 2.23. The van der Waals surface area contributed by atoms with E-state index in [1.165, 1.54) is 12.1 Å². The normalized spacial score (nSPS) is 10.9. The molecule has 1 aromatic heterocycles. The van der Waals surface area contributed by atoms with Crippen molar-refractivity contribution >= 4 is 33.3 Å². The van der Waals surface area contributed by atoms with Crippen molar-refractivity contribution < 1.29 is 23.6 Å². The molecule has 0 bridgehead atoms. The summed E-state index contributed by atoms with van der Waals surface area (Å²) in [4.78, 5) is 0. The molecule has 7 heteroatoms. The summed E-state index contributed by atoms with van der Waals surface area (Å²) in [5, 5.41) is 18.3. The van der Waals surface area contributed by atoms with Crippen molar-refractivity contribution in [3.05, 3.63) is 23.8 Å². The fraction of sp³-hybridized carbons (Fsp3) is 0.200. The van der Waals surface area contributed by atoms with E-state index in [1.54, 1.807) is 6.92 Å². The SMILES string of the molecule is CCOc1cc2cc(B(O)O)sc2c(F)c1F. The van der Waals surface area contributed by atoms with Crippen LogP contribution in [0.4, 0.5) is 8.78 Å². The minimum atomic E-state index is -1.69. The van der Waals surface area contributed by atoms with Gasteiger partial charge in [0, 0.05) is 4.78 Å². The first-order valence-corrected chi connectivity index (χ1v) is 5.76. The topological polar surface area (TPSA) is 49.7 Å². The Hall–Kier alpha value is -1.18. The van der Waals surface area contributed by atoms with Crippen LogP contribution in [-0.2, 0) is 0 Å². The minimum Gasteiger partial charge on any atom is -0.491 e. The first-order chi connectivity index (χ1) is 8.04. The first kappa shape index (κ1) is 12.3. The molecule has 0 saturated carbocycles. The summed E-state index contributed by atoms with van der Waals surface area (Å²) in [6.07, 6.45) is 0. The highest BCUT2D eigenvalue weighted by Crippen LogP contribution is 2.31. The number of halogens is 2. The smallest absolute Gasteiger partial charge is 0.491 e. The Morgan fingerprint density at radius 3 is 2.59 bits per heavy atom. The van der Waals surface area contributed by atoms with E-state index in [1.807, 2.05) is 0 Å². The fourth-order valence-electron chi connectivity index (χ4n) is 1.50. The Balaban J connectivity index is 2.64. The van der Waals surface area contributed by atoms with Crippen LogP contribution in [0.25, 0.3) is 10.1 Å². The zero-order valence-corrected chi connectivity index (χ0v) is 9.72. The molecule has 0 atom stereocenters. The number of fused-ring (bicyclic) bond motifs is 1. The van der Waals surface area contributed by atoms with Crippen molar-refractivity contribution in [3.63, 3.8) is 0 Å². The van der Waals surface area contributed by atoms with Crippen molar-refractivity contribution in [2.24, 2.45) is 0 Å². The molecule has 0 aliphatic carbocycles. The third-order valence-corrected chi connectivity index (χ3v) is 3.41. The second-order valence-electron chi connectivity index (χ2n) is 3.38. The Kier molecular flexibility index (Phi) is 3.32. The molecule has 90 valence electrons. The lowest BCUT2D eigenvalue weighted by Gasteiger charge is -2.05. The number of benzene rings is 1. The van der Waals surface area contributed by atoms with Crippen LogP contribution < -0.4 is 9.51 Å². The van der Waals surface area contributed by atoms with Crippen LogP contribution in [0, 0.1) is 11.6 Å². The quantitative estimate of drug-likeness (QED) is 0.815. The monoisotopic (exact) mass is 258 g/mol. The van der Waals surface area contributed by atoms with Gasteiger partial charge in [-0.1, -0.05) is 0 Å². The van der Waals surface area contributed by atoms with Gasteiger partial charge in [0.2, 0.25) is 5.82 Å². The summed E-state index contributed by atoms with van der Waals surface area (Å²) in [6, 6.07) is 2.75. The molecular weight excluding hydrogens is 249 g/mol. The van der Waals surface area contributed by atoms with E-state index in [0.717, 1.165) is 11.3 Å². The van der Waals surface area contributed by atoms with Crippen molar-refractivity contribution in [2.45, 2.75) is 6.92 Å². The Bertz CT molecular complexity index is 556. The van der Waals surface area contributed by atoms with Gasteiger partial charge in [-0.05, 0) is 24.4 Å². The molecule has 0 fully saturated rings. The van der Waals surface area contributed by atoms with Crippen LogP contribution in [-0.4, -0.2) is 23.8 Å². The van der Waals surface area contributed by atoms with Crippen LogP contribution in [0.5, 0.6) is 5.75 Å². The maximum atomic E-state index is 13.7. The lowest BCUT2D eigenvalue weighted by Crippen LogP contribution is -2.26.